The molecule has 0 radical (unpaired) electrons. The molecule has 0 spiro atoms. The van der Waals surface area contributed by atoms with Gasteiger partial charge in [0.1, 0.15) is 12.6 Å². The average molecular weight is 728 g/mol. The molecule has 0 aromatic carbocycles. The van der Waals surface area contributed by atoms with E-state index in [-0.39, 0.29) is 55.5 Å². The third kappa shape index (κ3) is 32.7. The smallest absolute Gasteiger partial charge is 0.306 e. The van der Waals surface area contributed by atoms with Gasteiger partial charge in [0.15, 0.2) is 6.10 Å². The van der Waals surface area contributed by atoms with E-state index in [9.17, 15) is 19.5 Å². The Kier molecular flexibility index (Phi) is 32.7. The van der Waals surface area contributed by atoms with Gasteiger partial charge in [0.25, 0.3) is 0 Å². The summed E-state index contributed by atoms with van der Waals surface area (Å²) < 4.78 is 16.9. The first-order valence-corrected chi connectivity index (χ1v) is 20.0. The van der Waals surface area contributed by atoms with E-state index in [1.807, 2.05) is 6.08 Å². The van der Waals surface area contributed by atoms with Crippen LogP contribution in [-0.4, -0.2) is 75.5 Å². The van der Waals surface area contributed by atoms with Crippen LogP contribution in [0.1, 0.15) is 136 Å². The minimum absolute atomic E-state index is 0.00697. The van der Waals surface area contributed by atoms with Crippen LogP contribution < -0.4 is 5.11 Å². The van der Waals surface area contributed by atoms with Crippen molar-refractivity contribution in [1.29, 1.82) is 0 Å². The van der Waals surface area contributed by atoms with Crippen LogP contribution in [0.15, 0.2) is 72.9 Å². The van der Waals surface area contributed by atoms with E-state index in [1.54, 1.807) is 21.1 Å². The number of nitrogens with zero attached hydrogens (tertiary/aromatic N) is 1. The van der Waals surface area contributed by atoms with Gasteiger partial charge in [-0.05, 0) is 77.0 Å². The number of allylic oxidation sites excluding steroid dienone is 12. The van der Waals surface area contributed by atoms with Gasteiger partial charge in [0, 0.05) is 19.3 Å². The number of carbonyl (C=O) groups excluding carboxylic acids is 3. The Morgan fingerprint density at radius 3 is 1.52 bits per heavy atom. The van der Waals surface area contributed by atoms with Crippen molar-refractivity contribution in [3.8, 4) is 0 Å². The van der Waals surface area contributed by atoms with Crippen molar-refractivity contribution in [3.63, 3.8) is 0 Å². The van der Waals surface area contributed by atoms with Crippen LogP contribution in [0.3, 0.4) is 0 Å². The number of hydrogen-bond acceptors (Lipinski definition) is 7. The number of esters is 2. The minimum atomic E-state index is -1.14. The molecule has 296 valence electrons. The van der Waals surface area contributed by atoms with Gasteiger partial charge in [0.2, 0.25) is 0 Å². The highest BCUT2D eigenvalue weighted by Crippen LogP contribution is 2.10. The largest absolute Gasteiger partial charge is 0.544 e. The van der Waals surface area contributed by atoms with Crippen LogP contribution >= 0.6 is 0 Å². The van der Waals surface area contributed by atoms with Gasteiger partial charge in [-0.1, -0.05) is 112 Å². The number of carboxylic acids is 1. The maximum atomic E-state index is 12.5. The molecular formula is C44H73NO7. The van der Waals surface area contributed by atoms with Crippen LogP contribution in [0.5, 0.6) is 0 Å². The Morgan fingerprint density at radius 2 is 1.04 bits per heavy atom. The summed E-state index contributed by atoms with van der Waals surface area (Å²) in [5.74, 6) is -1.87. The predicted octanol–water partition coefficient (Wildman–Crippen LogP) is 9.07. The van der Waals surface area contributed by atoms with E-state index in [0.717, 1.165) is 51.4 Å². The van der Waals surface area contributed by atoms with Crippen molar-refractivity contribution >= 4 is 17.9 Å². The van der Waals surface area contributed by atoms with Gasteiger partial charge in [-0.3, -0.25) is 9.59 Å². The lowest BCUT2D eigenvalue weighted by molar-refractivity contribution is -0.889. The molecule has 0 saturated carbocycles. The van der Waals surface area contributed by atoms with Crippen molar-refractivity contribution in [1.82, 2.24) is 0 Å². The lowest BCUT2D eigenvalue weighted by Gasteiger charge is -2.34. The molecule has 8 nitrogen and oxygen atoms in total. The second-order valence-corrected chi connectivity index (χ2v) is 14.2. The van der Waals surface area contributed by atoms with Gasteiger partial charge in [0.05, 0.1) is 40.3 Å². The molecule has 8 heteroatoms. The Morgan fingerprint density at radius 1 is 0.577 bits per heavy atom. The van der Waals surface area contributed by atoms with Gasteiger partial charge in [-0.2, -0.15) is 0 Å². The number of hydrogen-bond donors (Lipinski definition) is 0. The summed E-state index contributed by atoms with van der Waals surface area (Å²) in [5, 5.41) is 11.6. The fourth-order valence-corrected chi connectivity index (χ4v) is 5.16. The minimum Gasteiger partial charge on any atom is -0.544 e. The molecule has 0 aliphatic heterocycles. The monoisotopic (exact) mass is 728 g/mol. The molecule has 0 bridgehead atoms. The first-order valence-electron chi connectivity index (χ1n) is 20.0. The molecule has 0 heterocycles. The molecule has 0 aromatic rings. The summed E-state index contributed by atoms with van der Waals surface area (Å²) >= 11 is 0. The topological polar surface area (TPSA) is 102 Å². The fraction of sp³-hybridized carbons (Fsp3) is 0.659. The zero-order chi connectivity index (χ0) is 38.5. The lowest BCUT2D eigenvalue weighted by atomic mass is 10.1. The first-order chi connectivity index (χ1) is 25.1. The molecule has 0 amide bonds. The number of likely N-dealkylation sites (N-methyl/N-ethyl adjacent to an activating group) is 1. The Hall–Kier alpha value is -3.23. The number of aliphatic carboxylic acids is 1. The van der Waals surface area contributed by atoms with E-state index in [0.29, 0.717) is 12.8 Å². The van der Waals surface area contributed by atoms with Gasteiger partial charge >= 0.3 is 11.9 Å². The quantitative estimate of drug-likeness (QED) is 0.0282. The average Bonchev–Trinajstić information content (AvgIpc) is 3.09. The maximum Gasteiger partial charge on any atom is 0.306 e. The molecular weight excluding hydrogens is 654 g/mol. The summed E-state index contributed by atoms with van der Waals surface area (Å²) in [6.45, 7) is 4.44. The van der Waals surface area contributed by atoms with Crippen molar-refractivity contribution in [2.45, 2.75) is 148 Å². The Labute approximate surface area is 317 Å². The lowest BCUT2D eigenvalue weighted by Crippen LogP contribution is -2.55. The van der Waals surface area contributed by atoms with Crippen LogP contribution in [0.4, 0.5) is 0 Å². The molecule has 0 aromatic heterocycles. The van der Waals surface area contributed by atoms with Crippen molar-refractivity contribution in [3.05, 3.63) is 72.9 Å². The van der Waals surface area contributed by atoms with Gasteiger partial charge in [-0.15, -0.1) is 0 Å². The standard InChI is InChI=1S/C44H73NO7/c1-6-8-10-12-14-15-16-17-18-19-20-21-22-23-24-25-26-27-29-30-32-34-42(46)51-39-40(38-50-37-36-41(44(48)49)45(3,4)5)52-43(47)35-33-31-28-13-11-9-7-2/h14-15,17-18,20-21,23-24,26-28,31,40-41H,6-13,16,19,22,25,29-30,32-39H2,1-5H3/b15-14+,18-17+,21-20+,24-23+,27-26+,31-28+. The second-order valence-electron chi connectivity index (χ2n) is 14.2. The molecule has 0 aliphatic carbocycles. The third-order valence-electron chi connectivity index (χ3n) is 8.33. The molecule has 0 saturated heterocycles. The fourth-order valence-electron chi connectivity index (χ4n) is 5.16. The van der Waals surface area contributed by atoms with Crippen LogP contribution in [-0.2, 0) is 28.6 Å². The molecule has 0 fully saturated rings. The summed E-state index contributed by atoms with van der Waals surface area (Å²) in [6.07, 6.45) is 42.5. The summed E-state index contributed by atoms with van der Waals surface area (Å²) in [4.78, 5) is 36.5. The number of carbonyl (C=O) groups is 3. The second kappa shape index (κ2) is 34.8. The zero-order valence-electron chi connectivity index (χ0n) is 33.4. The number of unbranched alkanes of at least 4 members (excludes halogenated alkanes) is 8. The van der Waals surface area contributed by atoms with Crippen molar-refractivity contribution in [2.24, 2.45) is 0 Å². The zero-order valence-corrected chi connectivity index (χ0v) is 33.4. The van der Waals surface area contributed by atoms with E-state index in [2.05, 4.69) is 80.7 Å². The summed E-state index contributed by atoms with van der Waals surface area (Å²) in [7, 11) is 5.36. The van der Waals surface area contributed by atoms with Gasteiger partial charge in [-0.25, -0.2) is 0 Å². The maximum absolute atomic E-state index is 12.5. The van der Waals surface area contributed by atoms with Crippen LogP contribution in [0.25, 0.3) is 0 Å². The molecule has 2 atom stereocenters. The number of quaternary nitrogens is 1. The van der Waals surface area contributed by atoms with Gasteiger partial charge < -0.3 is 28.6 Å². The highest BCUT2D eigenvalue weighted by atomic mass is 16.6. The van der Waals surface area contributed by atoms with E-state index >= 15 is 0 Å². The predicted molar refractivity (Wildman–Crippen MR) is 212 cm³/mol. The molecule has 0 rings (SSSR count). The Balaban J connectivity index is 4.38. The van der Waals surface area contributed by atoms with Crippen LogP contribution in [0.2, 0.25) is 0 Å². The number of rotatable bonds is 34. The van der Waals surface area contributed by atoms with E-state index in [4.69, 9.17) is 14.2 Å². The van der Waals surface area contributed by atoms with E-state index in [1.165, 1.54) is 38.5 Å². The Bertz CT molecular complexity index is 1080. The normalized spacial score (nSPS) is 13.8. The first kappa shape index (κ1) is 48.8. The SMILES string of the molecule is CCCCC/C=C/C/C=C/C/C=C/C/C=C/C/C=C/CCCCC(=O)OCC(COCCC(C(=O)[O-])[N+](C)(C)C)OC(=O)CC/C=C/CCCCC. The van der Waals surface area contributed by atoms with Crippen molar-refractivity contribution < 1.29 is 38.2 Å². The molecule has 0 N–H and O–H groups in total. The highest BCUT2D eigenvalue weighted by molar-refractivity contribution is 5.70. The van der Waals surface area contributed by atoms with Crippen LogP contribution in [0, 0.1) is 0 Å². The summed E-state index contributed by atoms with van der Waals surface area (Å²) in [6, 6.07) is -0.739. The van der Waals surface area contributed by atoms with Crippen molar-refractivity contribution in [2.75, 3.05) is 41.0 Å². The molecule has 2 unspecified atom stereocenters. The third-order valence-corrected chi connectivity index (χ3v) is 8.33. The van der Waals surface area contributed by atoms with E-state index < -0.39 is 18.1 Å². The summed E-state index contributed by atoms with van der Waals surface area (Å²) in [5.41, 5.74) is 0. The molecule has 0 aliphatic rings. The molecule has 52 heavy (non-hydrogen) atoms. The number of carboxylic acid groups (broad SMARTS) is 1. The highest BCUT2D eigenvalue weighted by Gasteiger charge is 2.25. The number of ether oxygens (including phenoxy) is 3.